The number of hydrogen-bond acceptors (Lipinski definition) is 5. The van der Waals surface area contributed by atoms with Crippen molar-refractivity contribution in [2.75, 3.05) is 22.1 Å². The summed E-state index contributed by atoms with van der Waals surface area (Å²) in [6.07, 6.45) is 7.96. The molecule has 4 fully saturated rings. The Morgan fingerprint density at radius 2 is 1.56 bits per heavy atom. The molecule has 2 aromatic rings. The highest BCUT2D eigenvalue weighted by atomic mass is 79.9. The van der Waals surface area contributed by atoms with Gasteiger partial charge in [0.2, 0.25) is 0 Å². The summed E-state index contributed by atoms with van der Waals surface area (Å²) in [5, 5.41) is 7.11. The fraction of sp³-hybridized carbons (Fsp3) is 0.476. The number of benzene rings is 1. The van der Waals surface area contributed by atoms with Gasteiger partial charge in [0.1, 0.15) is 5.82 Å². The second-order valence-electron chi connectivity index (χ2n) is 8.81. The lowest BCUT2D eigenvalue weighted by atomic mass is 9.53. The van der Waals surface area contributed by atoms with Gasteiger partial charge < -0.3 is 22.1 Å². The summed E-state index contributed by atoms with van der Waals surface area (Å²) in [7, 11) is 0. The minimum Gasteiger partial charge on any atom is -0.397 e. The first-order chi connectivity index (χ1) is 13.0. The van der Waals surface area contributed by atoms with Crippen LogP contribution in [-0.2, 0) is 0 Å². The van der Waals surface area contributed by atoms with Gasteiger partial charge in [-0.15, -0.1) is 0 Å². The number of anilines is 5. The zero-order valence-electron chi connectivity index (χ0n) is 15.3. The number of nitrogens with one attached hydrogen (secondary N) is 2. The van der Waals surface area contributed by atoms with E-state index in [2.05, 4.69) is 26.6 Å². The van der Waals surface area contributed by atoms with Crippen LogP contribution >= 0.6 is 15.9 Å². The molecule has 1 heterocycles. The van der Waals surface area contributed by atoms with Crippen molar-refractivity contribution in [2.24, 2.45) is 17.8 Å². The third kappa shape index (κ3) is 3.24. The summed E-state index contributed by atoms with van der Waals surface area (Å²) < 4.78 is 1.04. The SMILES string of the molecule is Nc1cc(Nc2ccc(Br)cc2)nc(NC23CC4CC(CC(C4)C2)C3)c1N. The largest absolute Gasteiger partial charge is 0.397 e. The van der Waals surface area contributed by atoms with Crippen LogP contribution in [0.1, 0.15) is 38.5 Å². The molecule has 1 aromatic carbocycles. The number of halogens is 1. The number of pyridine rings is 1. The quantitative estimate of drug-likeness (QED) is 0.542. The standard InChI is InChI=1S/C21H26BrN5/c22-15-1-3-16(4-2-15)25-18-8-17(23)19(24)20(26-18)27-21-9-12-5-13(10-21)7-14(6-12)11-21/h1-4,8,12-14H,5-7,9-11,24H2,(H4,23,25,26,27). The number of rotatable bonds is 4. The first kappa shape index (κ1) is 17.2. The highest BCUT2D eigenvalue weighted by molar-refractivity contribution is 9.10. The zero-order valence-corrected chi connectivity index (χ0v) is 16.9. The Labute approximate surface area is 168 Å². The molecule has 6 heteroatoms. The summed E-state index contributed by atoms with van der Waals surface area (Å²) in [6, 6.07) is 9.81. The monoisotopic (exact) mass is 427 g/mol. The van der Waals surface area contributed by atoms with Gasteiger partial charge in [-0.05, 0) is 80.5 Å². The van der Waals surface area contributed by atoms with Crippen LogP contribution in [0.5, 0.6) is 0 Å². The van der Waals surface area contributed by atoms with E-state index >= 15 is 0 Å². The van der Waals surface area contributed by atoms with E-state index in [9.17, 15) is 0 Å². The van der Waals surface area contributed by atoms with E-state index in [1.807, 2.05) is 30.3 Å². The molecule has 0 radical (unpaired) electrons. The van der Waals surface area contributed by atoms with E-state index < -0.39 is 0 Å². The minimum atomic E-state index is 0.151. The van der Waals surface area contributed by atoms with Crippen molar-refractivity contribution in [1.29, 1.82) is 0 Å². The summed E-state index contributed by atoms with van der Waals surface area (Å²) in [6.45, 7) is 0. The number of nitrogens with zero attached hydrogens (tertiary/aromatic N) is 1. The average Bonchev–Trinajstić information content (AvgIpc) is 2.60. The fourth-order valence-corrected chi connectivity index (χ4v) is 6.19. The Bertz CT molecular complexity index is 828. The predicted octanol–water partition coefficient (Wildman–Crippen LogP) is 5.13. The van der Waals surface area contributed by atoms with Crippen LogP contribution in [0.15, 0.2) is 34.8 Å². The molecule has 6 rings (SSSR count). The van der Waals surface area contributed by atoms with Crippen molar-refractivity contribution >= 4 is 44.6 Å². The highest BCUT2D eigenvalue weighted by Gasteiger charge is 2.51. The summed E-state index contributed by atoms with van der Waals surface area (Å²) >= 11 is 3.46. The normalized spacial score (nSPS) is 31.1. The lowest BCUT2D eigenvalue weighted by Gasteiger charge is -2.57. The van der Waals surface area contributed by atoms with E-state index in [0.717, 1.165) is 39.5 Å². The molecule has 4 aliphatic rings. The van der Waals surface area contributed by atoms with Gasteiger partial charge in [-0.2, -0.15) is 0 Å². The van der Waals surface area contributed by atoms with E-state index in [-0.39, 0.29) is 5.54 Å². The number of nitrogens with two attached hydrogens (primary N) is 2. The molecule has 5 nitrogen and oxygen atoms in total. The summed E-state index contributed by atoms with van der Waals surface area (Å²) in [5.41, 5.74) is 14.8. The van der Waals surface area contributed by atoms with Gasteiger partial charge in [-0.3, -0.25) is 0 Å². The third-order valence-corrected chi connectivity index (χ3v) is 7.16. The average molecular weight is 428 g/mol. The maximum Gasteiger partial charge on any atom is 0.154 e. The first-order valence-electron chi connectivity index (χ1n) is 9.85. The van der Waals surface area contributed by atoms with Crippen LogP contribution in [0.3, 0.4) is 0 Å². The Balaban J connectivity index is 1.42. The van der Waals surface area contributed by atoms with Crippen LogP contribution in [0, 0.1) is 17.8 Å². The van der Waals surface area contributed by atoms with Crippen molar-refractivity contribution in [2.45, 2.75) is 44.1 Å². The molecule has 4 saturated carbocycles. The van der Waals surface area contributed by atoms with Gasteiger partial charge in [0, 0.05) is 21.8 Å². The van der Waals surface area contributed by atoms with E-state index in [1.54, 1.807) is 0 Å². The predicted molar refractivity (Wildman–Crippen MR) is 115 cm³/mol. The van der Waals surface area contributed by atoms with Crippen LogP contribution < -0.4 is 22.1 Å². The molecule has 4 bridgehead atoms. The Morgan fingerprint density at radius 1 is 0.963 bits per heavy atom. The van der Waals surface area contributed by atoms with Gasteiger partial charge in [0.05, 0.1) is 11.4 Å². The number of aromatic nitrogens is 1. The molecule has 4 aliphatic carbocycles. The van der Waals surface area contributed by atoms with Crippen molar-refractivity contribution in [3.8, 4) is 0 Å². The van der Waals surface area contributed by atoms with E-state index in [1.165, 1.54) is 38.5 Å². The van der Waals surface area contributed by atoms with Crippen molar-refractivity contribution in [1.82, 2.24) is 4.98 Å². The van der Waals surface area contributed by atoms with Gasteiger partial charge in [0.25, 0.3) is 0 Å². The Kier molecular flexibility index (Phi) is 4.00. The third-order valence-electron chi connectivity index (χ3n) is 6.63. The lowest BCUT2D eigenvalue weighted by Crippen LogP contribution is -2.55. The van der Waals surface area contributed by atoms with Crippen molar-refractivity contribution in [3.05, 3.63) is 34.8 Å². The molecular formula is C21H26BrN5. The van der Waals surface area contributed by atoms with Crippen LogP contribution in [-0.4, -0.2) is 10.5 Å². The molecule has 6 N–H and O–H groups in total. The van der Waals surface area contributed by atoms with Crippen molar-refractivity contribution in [3.63, 3.8) is 0 Å². The maximum atomic E-state index is 6.31. The molecule has 0 atom stereocenters. The number of nitrogen functional groups attached to an aromatic ring is 2. The van der Waals surface area contributed by atoms with E-state index in [4.69, 9.17) is 16.5 Å². The molecule has 142 valence electrons. The fourth-order valence-electron chi connectivity index (χ4n) is 5.93. The van der Waals surface area contributed by atoms with Crippen LogP contribution in [0.25, 0.3) is 0 Å². The summed E-state index contributed by atoms with van der Waals surface area (Å²) in [5.74, 6) is 4.05. The molecule has 27 heavy (non-hydrogen) atoms. The zero-order chi connectivity index (χ0) is 18.6. The van der Waals surface area contributed by atoms with Gasteiger partial charge >= 0.3 is 0 Å². The summed E-state index contributed by atoms with van der Waals surface area (Å²) in [4.78, 5) is 4.79. The second-order valence-corrected chi connectivity index (χ2v) is 9.73. The van der Waals surface area contributed by atoms with Crippen LogP contribution in [0.2, 0.25) is 0 Å². The first-order valence-corrected chi connectivity index (χ1v) is 10.6. The van der Waals surface area contributed by atoms with Crippen LogP contribution in [0.4, 0.5) is 28.7 Å². The molecule has 0 spiro atoms. The van der Waals surface area contributed by atoms with Gasteiger partial charge in [-0.1, -0.05) is 15.9 Å². The molecule has 1 aromatic heterocycles. The van der Waals surface area contributed by atoms with Gasteiger partial charge in [-0.25, -0.2) is 4.98 Å². The topological polar surface area (TPSA) is 89.0 Å². The maximum absolute atomic E-state index is 6.31. The van der Waals surface area contributed by atoms with E-state index in [0.29, 0.717) is 11.4 Å². The smallest absolute Gasteiger partial charge is 0.154 e. The molecule has 0 saturated heterocycles. The lowest BCUT2D eigenvalue weighted by molar-refractivity contribution is 0.0106. The molecule has 0 amide bonds. The number of hydrogen-bond donors (Lipinski definition) is 4. The Morgan fingerprint density at radius 3 is 2.15 bits per heavy atom. The minimum absolute atomic E-state index is 0.151. The van der Waals surface area contributed by atoms with Crippen molar-refractivity contribution < 1.29 is 0 Å². The highest BCUT2D eigenvalue weighted by Crippen LogP contribution is 2.56. The van der Waals surface area contributed by atoms with Gasteiger partial charge in [0.15, 0.2) is 5.82 Å². The second kappa shape index (κ2) is 6.30. The molecule has 0 unspecified atom stereocenters. The molecule has 0 aliphatic heterocycles. The molecular weight excluding hydrogens is 402 g/mol. The Hall–Kier alpha value is -1.95.